The number of rotatable bonds is 10. The molecule has 5 nitrogen and oxygen atoms in total. The highest BCUT2D eigenvalue weighted by Gasteiger charge is 2.19. The van der Waals surface area contributed by atoms with Gasteiger partial charge in [-0.05, 0) is 19.5 Å². The molecule has 0 amide bonds. The molecule has 0 aliphatic heterocycles. The van der Waals surface area contributed by atoms with Gasteiger partial charge in [0, 0.05) is 38.7 Å². The SMILES string of the molecule is CCNC(=NCC(C)(C)c1ccccc1)NCCN(C)CCOC. The Hall–Kier alpha value is -1.59. The first-order valence-corrected chi connectivity index (χ1v) is 8.74. The number of nitrogens with zero attached hydrogens (tertiary/aromatic N) is 2. The number of hydrogen-bond acceptors (Lipinski definition) is 3. The molecule has 0 saturated heterocycles. The lowest BCUT2D eigenvalue weighted by Crippen LogP contribution is -2.42. The molecule has 24 heavy (non-hydrogen) atoms. The van der Waals surface area contributed by atoms with Crippen molar-refractivity contribution in [2.24, 2.45) is 4.99 Å². The van der Waals surface area contributed by atoms with E-state index in [2.05, 4.69) is 73.7 Å². The molecule has 0 fully saturated rings. The van der Waals surface area contributed by atoms with E-state index in [-0.39, 0.29) is 5.41 Å². The highest BCUT2D eigenvalue weighted by Crippen LogP contribution is 2.22. The molecule has 0 radical (unpaired) electrons. The van der Waals surface area contributed by atoms with Crippen LogP contribution in [0.1, 0.15) is 26.3 Å². The zero-order valence-corrected chi connectivity index (χ0v) is 15.9. The Morgan fingerprint density at radius 3 is 2.50 bits per heavy atom. The molecule has 5 heteroatoms. The second-order valence-corrected chi connectivity index (χ2v) is 6.67. The molecule has 0 aliphatic rings. The second kappa shape index (κ2) is 11.0. The molecule has 0 atom stereocenters. The van der Waals surface area contributed by atoms with E-state index in [9.17, 15) is 0 Å². The molecule has 0 bridgehead atoms. The highest BCUT2D eigenvalue weighted by molar-refractivity contribution is 5.79. The van der Waals surface area contributed by atoms with E-state index >= 15 is 0 Å². The molecule has 1 rings (SSSR count). The molecule has 0 aliphatic carbocycles. The minimum atomic E-state index is 0.0128. The molecule has 1 aromatic rings. The van der Waals surface area contributed by atoms with Gasteiger partial charge in [-0.3, -0.25) is 4.99 Å². The predicted octanol–water partition coefficient (Wildman–Crippen LogP) is 2.10. The summed E-state index contributed by atoms with van der Waals surface area (Å²) in [4.78, 5) is 7.02. The summed E-state index contributed by atoms with van der Waals surface area (Å²) in [5.74, 6) is 0.877. The summed E-state index contributed by atoms with van der Waals surface area (Å²) in [6.07, 6.45) is 0. The van der Waals surface area contributed by atoms with E-state index in [1.165, 1.54) is 5.56 Å². The maximum atomic E-state index is 5.10. The number of aliphatic imine (C=N–C) groups is 1. The van der Waals surface area contributed by atoms with Crippen molar-refractivity contribution in [3.05, 3.63) is 35.9 Å². The van der Waals surface area contributed by atoms with Gasteiger partial charge >= 0.3 is 0 Å². The van der Waals surface area contributed by atoms with Gasteiger partial charge in [-0.1, -0.05) is 44.2 Å². The topological polar surface area (TPSA) is 48.9 Å². The molecule has 0 aromatic heterocycles. The second-order valence-electron chi connectivity index (χ2n) is 6.67. The average Bonchev–Trinajstić information content (AvgIpc) is 2.58. The third kappa shape index (κ3) is 7.79. The van der Waals surface area contributed by atoms with Crippen molar-refractivity contribution < 1.29 is 4.74 Å². The van der Waals surface area contributed by atoms with Crippen LogP contribution in [-0.2, 0) is 10.2 Å². The first-order valence-electron chi connectivity index (χ1n) is 8.74. The van der Waals surface area contributed by atoms with E-state index < -0.39 is 0 Å². The predicted molar refractivity (Wildman–Crippen MR) is 103 cm³/mol. The molecular weight excluding hydrogens is 300 g/mol. The smallest absolute Gasteiger partial charge is 0.191 e. The number of benzene rings is 1. The van der Waals surface area contributed by atoms with Crippen LogP contribution >= 0.6 is 0 Å². The van der Waals surface area contributed by atoms with E-state index in [0.29, 0.717) is 0 Å². The summed E-state index contributed by atoms with van der Waals surface area (Å²) in [6.45, 7) is 11.7. The lowest BCUT2D eigenvalue weighted by atomic mass is 9.85. The third-order valence-electron chi connectivity index (χ3n) is 4.00. The van der Waals surface area contributed by atoms with Crippen LogP contribution in [-0.4, -0.2) is 64.3 Å². The van der Waals surface area contributed by atoms with Gasteiger partial charge in [0.25, 0.3) is 0 Å². The fourth-order valence-electron chi connectivity index (χ4n) is 2.32. The van der Waals surface area contributed by atoms with Gasteiger partial charge < -0.3 is 20.3 Å². The monoisotopic (exact) mass is 334 g/mol. The maximum Gasteiger partial charge on any atom is 0.191 e. The van der Waals surface area contributed by atoms with E-state index in [4.69, 9.17) is 9.73 Å². The van der Waals surface area contributed by atoms with Crippen LogP contribution in [0.15, 0.2) is 35.3 Å². The zero-order chi connectivity index (χ0) is 17.8. The van der Waals surface area contributed by atoms with Crippen LogP contribution in [0.3, 0.4) is 0 Å². The molecule has 0 unspecified atom stereocenters. The van der Waals surface area contributed by atoms with E-state index in [1.807, 2.05) is 0 Å². The van der Waals surface area contributed by atoms with Crippen molar-refractivity contribution in [3.63, 3.8) is 0 Å². The first kappa shape index (κ1) is 20.5. The molecular formula is C19H34N4O. The molecule has 2 N–H and O–H groups in total. The lowest BCUT2D eigenvalue weighted by molar-refractivity contribution is 0.162. The van der Waals surface area contributed by atoms with Crippen LogP contribution in [0.25, 0.3) is 0 Å². The number of nitrogens with one attached hydrogen (secondary N) is 2. The number of guanidine groups is 1. The van der Waals surface area contributed by atoms with Crippen LogP contribution in [0, 0.1) is 0 Å². The van der Waals surface area contributed by atoms with Crippen LogP contribution < -0.4 is 10.6 Å². The zero-order valence-electron chi connectivity index (χ0n) is 15.9. The molecule has 0 spiro atoms. The minimum absolute atomic E-state index is 0.0128. The fraction of sp³-hybridized carbons (Fsp3) is 0.632. The van der Waals surface area contributed by atoms with Crippen molar-refractivity contribution in [1.29, 1.82) is 0 Å². The Balaban J connectivity index is 2.53. The summed E-state index contributed by atoms with van der Waals surface area (Å²) in [7, 11) is 3.83. The van der Waals surface area contributed by atoms with Crippen molar-refractivity contribution >= 4 is 5.96 Å². The summed E-state index contributed by atoms with van der Waals surface area (Å²) in [5.41, 5.74) is 1.32. The van der Waals surface area contributed by atoms with Crippen molar-refractivity contribution in [2.45, 2.75) is 26.2 Å². The van der Waals surface area contributed by atoms with Gasteiger partial charge in [0.2, 0.25) is 0 Å². The van der Waals surface area contributed by atoms with Crippen molar-refractivity contribution in [3.8, 4) is 0 Å². The Bertz CT molecular complexity index is 474. The van der Waals surface area contributed by atoms with Crippen molar-refractivity contribution in [1.82, 2.24) is 15.5 Å². The van der Waals surface area contributed by atoms with E-state index in [0.717, 1.165) is 45.3 Å². The summed E-state index contributed by atoms with van der Waals surface area (Å²) < 4.78 is 5.10. The fourth-order valence-corrected chi connectivity index (χ4v) is 2.32. The Labute approximate surface area is 147 Å². The highest BCUT2D eigenvalue weighted by atomic mass is 16.5. The number of ether oxygens (including phenoxy) is 1. The average molecular weight is 335 g/mol. The minimum Gasteiger partial charge on any atom is -0.383 e. The summed E-state index contributed by atoms with van der Waals surface area (Å²) >= 11 is 0. The first-order chi connectivity index (χ1) is 11.5. The normalized spacial score (nSPS) is 12.5. The summed E-state index contributed by atoms with van der Waals surface area (Å²) in [6, 6.07) is 10.6. The molecule has 1 aromatic carbocycles. The standard InChI is InChI=1S/C19H34N4O/c1-6-20-18(21-12-13-23(4)14-15-24-5)22-16-19(2,3)17-10-8-7-9-11-17/h7-11H,6,12-16H2,1-5H3,(H2,20,21,22). The van der Waals surface area contributed by atoms with Gasteiger partial charge in [0.15, 0.2) is 5.96 Å². The quantitative estimate of drug-likeness (QED) is 0.508. The third-order valence-corrected chi connectivity index (χ3v) is 4.00. The molecule has 0 heterocycles. The van der Waals surface area contributed by atoms with Gasteiger partial charge in [0.1, 0.15) is 0 Å². The van der Waals surface area contributed by atoms with Crippen LogP contribution in [0.2, 0.25) is 0 Å². The Kier molecular flexibility index (Phi) is 9.42. The maximum absolute atomic E-state index is 5.10. The molecule has 0 saturated carbocycles. The number of methoxy groups -OCH3 is 1. The van der Waals surface area contributed by atoms with E-state index in [1.54, 1.807) is 7.11 Å². The molecule has 136 valence electrons. The Morgan fingerprint density at radius 2 is 1.88 bits per heavy atom. The van der Waals surface area contributed by atoms with Crippen LogP contribution in [0.4, 0.5) is 0 Å². The number of likely N-dealkylation sites (N-methyl/N-ethyl adjacent to an activating group) is 1. The van der Waals surface area contributed by atoms with Gasteiger partial charge in [-0.15, -0.1) is 0 Å². The summed E-state index contributed by atoms with van der Waals surface area (Å²) in [5, 5.41) is 6.73. The van der Waals surface area contributed by atoms with Gasteiger partial charge in [0.05, 0.1) is 13.2 Å². The van der Waals surface area contributed by atoms with Gasteiger partial charge in [-0.2, -0.15) is 0 Å². The lowest BCUT2D eigenvalue weighted by Gasteiger charge is -2.24. The largest absolute Gasteiger partial charge is 0.383 e. The van der Waals surface area contributed by atoms with Crippen molar-refractivity contribution in [2.75, 3.05) is 53.5 Å². The van der Waals surface area contributed by atoms with Gasteiger partial charge in [-0.25, -0.2) is 0 Å². The van der Waals surface area contributed by atoms with Crippen LogP contribution in [0.5, 0.6) is 0 Å². The number of hydrogen-bond donors (Lipinski definition) is 2. The Morgan fingerprint density at radius 1 is 1.17 bits per heavy atom.